The maximum Gasteiger partial charge on any atom is 0.270 e. The Morgan fingerprint density at radius 1 is 1.38 bits per heavy atom. The van der Waals surface area contributed by atoms with Gasteiger partial charge in [0.05, 0.1) is 0 Å². The Bertz CT molecular complexity index is 830. The summed E-state index contributed by atoms with van der Waals surface area (Å²) in [6.07, 6.45) is 5.99. The Balaban J connectivity index is 1.56. The predicted octanol–water partition coefficient (Wildman–Crippen LogP) is 3.40. The van der Waals surface area contributed by atoms with E-state index >= 15 is 0 Å². The van der Waals surface area contributed by atoms with Gasteiger partial charge in [-0.2, -0.15) is 0 Å². The maximum atomic E-state index is 12.9. The Labute approximate surface area is 141 Å². The van der Waals surface area contributed by atoms with Crippen molar-refractivity contribution in [3.05, 3.63) is 54.2 Å². The fraction of sp³-hybridized carbons (Fsp3) is 0.368. The molecule has 5 heteroatoms. The standard InChI is InChI=1S/C19H22N4O/c1-2-22-11-9-20-18(22)15-7-5-10-23(13-15)19(24)17-12-14-6-3-4-8-16(14)21-17/h3-4,6,8-9,11-12,15,21H,2,5,7,10,13H2,1H3/t15-/m0/s1. The number of fused-ring (bicyclic) bond motifs is 1. The molecule has 1 aromatic carbocycles. The highest BCUT2D eigenvalue weighted by Gasteiger charge is 2.28. The van der Waals surface area contributed by atoms with Crippen LogP contribution in [0.3, 0.4) is 0 Å². The van der Waals surface area contributed by atoms with Crippen molar-refractivity contribution in [3.8, 4) is 0 Å². The number of carbonyl (C=O) groups is 1. The molecule has 0 aliphatic carbocycles. The molecule has 1 saturated heterocycles. The molecule has 1 fully saturated rings. The molecule has 0 spiro atoms. The summed E-state index contributed by atoms with van der Waals surface area (Å²) in [5, 5.41) is 1.08. The molecule has 1 aliphatic rings. The third-order valence-corrected chi connectivity index (χ3v) is 4.92. The number of aryl methyl sites for hydroxylation is 1. The molecule has 0 saturated carbocycles. The zero-order valence-corrected chi connectivity index (χ0v) is 13.9. The van der Waals surface area contributed by atoms with Gasteiger partial charge < -0.3 is 14.5 Å². The first-order valence-electron chi connectivity index (χ1n) is 8.64. The van der Waals surface area contributed by atoms with Crippen LogP contribution in [0, 0.1) is 0 Å². The number of piperidine rings is 1. The lowest BCUT2D eigenvalue weighted by Gasteiger charge is -2.32. The summed E-state index contributed by atoms with van der Waals surface area (Å²) >= 11 is 0. The second-order valence-corrected chi connectivity index (χ2v) is 6.43. The van der Waals surface area contributed by atoms with Crippen molar-refractivity contribution >= 4 is 16.8 Å². The number of nitrogens with zero attached hydrogens (tertiary/aromatic N) is 3. The van der Waals surface area contributed by atoms with Crippen LogP contribution in [-0.2, 0) is 6.54 Å². The normalized spacial score (nSPS) is 18.2. The minimum absolute atomic E-state index is 0.0884. The number of para-hydroxylation sites is 1. The molecule has 0 bridgehead atoms. The quantitative estimate of drug-likeness (QED) is 0.803. The lowest BCUT2D eigenvalue weighted by atomic mass is 9.97. The monoisotopic (exact) mass is 322 g/mol. The molecule has 3 aromatic rings. The number of nitrogens with one attached hydrogen (secondary N) is 1. The summed E-state index contributed by atoms with van der Waals surface area (Å²) in [5.41, 5.74) is 1.69. The average molecular weight is 322 g/mol. The summed E-state index contributed by atoms with van der Waals surface area (Å²) in [6, 6.07) is 9.96. The van der Waals surface area contributed by atoms with E-state index in [9.17, 15) is 4.79 Å². The molecule has 1 amide bonds. The van der Waals surface area contributed by atoms with Crippen LogP contribution in [0.15, 0.2) is 42.7 Å². The van der Waals surface area contributed by atoms with E-state index in [1.807, 2.05) is 47.6 Å². The fourth-order valence-corrected chi connectivity index (χ4v) is 3.68. The van der Waals surface area contributed by atoms with Crippen molar-refractivity contribution in [2.45, 2.75) is 32.2 Å². The topological polar surface area (TPSA) is 53.9 Å². The lowest BCUT2D eigenvalue weighted by Crippen LogP contribution is -2.39. The van der Waals surface area contributed by atoms with Gasteiger partial charge in [0.1, 0.15) is 11.5 Å². The van der Waals surface area contributed by atoms with Crippen LogP contribution in [0.4, 0.5) is 0 Å². The van der Waals surface area contributed by atoms with E-state index in [1.165, 1.54) is 0 Å². The Hall–Kier alpha value is -2.56. The average Bonchev–Trinajstić information content (AvgIpc) is 3.27. The first kappa shape index (κ1) is 15.0. The van der Waals surface area contributed by atoms with Gasteiger partial charge in [0.25, 0.3) is 5.91 Å². The van der Waals surface area contributed by atoms with Crippen molar-refractivity contribution in [2.24, 2.45) is 0 Å². The van der Waals surface area contributed by atoms with Gasteiger partial charge in [-0.15, -0.1) is 0 Å². The maximum absolute atomic E-state index is 12.9. The number of rotatable bonds is 3. The van der Waals surface area contributed by atoms with E-state index in [2.05, 4.69) is 21.5 Å². The SMILES string of the molecule is CCn1ccnc1[C@H]1CCCN(C(=O)c2cc3ccccc3[nH]2)C1. The number of likely N-dealkylation sites (tertiary alicyclic amines) is 1. The van der Waals surface area contributed by atoms with Crippen molar-refractivity contribution in [1.82, 2.24) is 19.4 Å². The van der Waals surface area contributed by atoms with Crippen LogP contribution in [0.1, 0.15) is 42.0 Å². The van der Waals surface area contributed by atoms with E-state index < -0.39 is 0 Å². The smallest absolute Gasteiger partial charge is 0.270 e. The van der Waals surface area contributed by atoms with Gasteiger partial charge in [-0.25, -0.2) is 4.98 Å². The van der Waals surface area contributed by atoms with Gasteiger partial charge in [0, 0.05) is 48.8 Å². The minimum Gasteiger partial charge on any atom is -0.351 e. The molecular weight excluding hydrogens is 300 g/mol. The first-order chi connectivity index (χ1) is 11.8. The van der Waals surface area contributed by atoms with Gasteiger partial charge in [-0.1, -0.05) is 18.2 Å². The number of benzene rings is 1. The van der Waals surface area contributed by atoms with Gasteiger partial charge in [-0.3, -0.25) is 4.79 Å². The Kier molecular flexibility index (Phi) is 3.84. The molecule has 5 nitrogen and oxygen atoms in total. The predicted molar refractivity (Wildman–Crippen MR) is 94.1 cm³/mol. The highest BCUT2D eigenvalue weighted by atomic mass is 16.2. The third kappa shape index (κ3) is 2.60. The van der Waals surface area contributed by atoms with Crippen LogP contribution in [0.5, 0.6) is 0 Å². The number of aromatic nitrogens is 3. The number of amides is 1. The summed E-state index contributed by atoms with van der Waals surface area (Å²) in [7, 11) is 0. The van der Waals surface area contributed by atoms with E-state index in [0.717, 1.165) is 49.2 Å². The van der Waals surface area contributed by atoms with Gasteiger partial charge in [-0.05, 0) is 31.9 Å². The number of aromatic amines is 1. The summed E-state index contributed by atoms with van der Waals surface area (Å²) < 4.78 is 2.18. The summed E-state index contributed by atoms with van der Waals surface area (Å²) in [4.78, 5) is 22.7. The van der Waals surface area contributed by atoms with Crippen molar-refractivity contribution in [1.29, 1.82) is 0 Å². The van der Waals surface area contributed by atoms with Crippen LogP contribution in [0.25, 0.3) is 10.9 Å². The number of hydrogen-bond acceptors (Lipinski definition) is 2. The first-order valence-corrected chi connectivity index (χ1v) is 8.64. The van der Waals surface area contributed by atoms with E-state index in [4.69, 9.17) is 0 Å². The second kappa shape index (κ2) is 6.15. The molecule has 2 aromatic heterocycles. The molecule has 4 rings (SSSR count). The van der Waals surface area contributed by atoms with Gasteiger partial charge >= 0.3 is 0 Å². The number of imidazole rings is 1. The highest BCUT2D eigenvalue weighted by molar-refractivity contribution is 5.98. The summed E-state index contributed by atoms with van der Waals surface area (Å²) in [5.74, 6) is 1.51. The van der Waals surface area contributed by atoms with E-state index in [1.54, 1.807) is 0 Å². The van der Waals surface area contributed by atoms with Crippen molar-refractivity contribution in [2.75, 3.05) is 13.1 Å². The lowest BCUT2D eigenvalue weighted by molar-refractivity contribution is 0.0698. The zero-order valence-electron chi connectivity index (χ0n) is 13.9. The zero-order chi connectivity index (χ0) is 16.5. The largest absolute Gasteiger partial charge is 0.351 e. The number of hydrogen-bond donors (Lipinski definition) is 1. The Morgan fingerprint density at radius 2 is 2.25 bits per heavy atom. The molecule has 3 heterocycles. The molecule has 0 radical (unpaired) electrons. The Morgan fingerprint density at radius 3 is 3.08 bits per heavy atom. The second-order valence-electron chi connectivity index (χ2n) is 6.43. The van der Waals surface area contributed by atoms with Crippen molar-refractivity contribution < 1.29 is 4.79 Å². The third-order valence-electron chi connectivity index (χ3n) is 4.92. The number of H-pyrrole nitrogens is 1. The molecule has 1 N–H and O–H groups in total. The van der Waals surface area contributed by atoms with Crippen LogP contribution >= 0.6 is 0 Å². The fourth-order valence-electron chi connectivity index (χ4n) is 3.68. The molecular formula is C19H22N4O. The van der Waals surface area contributed by atoms with Crippen molar-refractivity contribution in [3.63, 3.8) is 0 Å². The van der Waals surface area contributed by atoms with Crippen LogP contribution in [0.2, 0.25) is 0 Å². The van der Waals surface area contributed by atoms with Crippen LogP contribution in [-0.4, -0.2) is 38.4 Å². The highest BCUT2D eigenvalue weighted by Crippen LogP contribution is 2.27. The van der Waals surface area contributed by atoms with E-state index in [0.29, 0.717) is 11.6 Å². The number of carbonyl (C=O) groups excluding carboxylic acids is 1. The molecule has 24 heavy (non-hydrogen) atoms. The van der Waals surface area contributed by atoms with Gasteiger partial charge in [0.2, 0.25) is 0 Å². The van der Waals surface area contributed by atoms with Gasteiger partial charge in [0.15, 0.2) is 0 Å². The minimum atomic E-state index is 0.0884. The molecule has 1 aliphatic heterocycles. The molecule has 1 atom stereocenters. The molecule has 0 unspecified atom stereocenters. The summed E-state index contributed by atoms with van der Waals surface area (Å²) in [6.45, 7) is 4.60. The van der Waals surface area contributed by atoms with Crippen LogP contribution < -0.4 is 0 Å². The van der Waals surface area contributed by atoms with E-state index in [-0.39, 0.29) is 5.91 Å². The molecule has 124 valence electrons.